The van der Waals surface area contributed by atoms with Crippen molar-refractivity contribution in [2.24, 2.45) is 5.92 Å². The number of nitrogens with zero attached hydrogens (tertiary/aromatic N) is 1. The first-order valence-corrected chi connectivity index (χ1v) is 8.55. The van der Waals surface area contributed by atoms with E-state index in [2.05, 4.69) is 10.6 Å². The molecule has 1 aliphatic rings. The minimum Gasteiger partial charge on any atom is -0.349 e. The highest BCUT2D eigenvalue weighted by atomic mass is 35.5. The average Bonchev–Trinajstić information content (AvgIpc) is 2.54. The summed E-state index contributed by atoms with van der Waals surface area (Å²) in [5.74, 6) is -1.57. The number of halogens is 3. The highest BCUT2D eigenvalue weighted by molar-refractivity contribution is 5.85. The Morgan fingerprint density at radius 2 is 2.08 bits per heavy atom. The molecule has 0 saturated carbocycles. The van der Waals surface area contributed by atoms with Crippen LogP contribution in [0.2, 0.25) is 0 Å². The second kappa shape index (κ2) is 10.4. The third-order valence-corrected chi connectivity index (χ3v) is 4.46. The number of carbonyl (C=O) groups excluding carboxylic acids is 2. The van der Waals surface area contributed by atoms with E-state index in [9.17, 15) is 18.4 Å². The molecule has 2 atom stereocenters. The Labute approximate surface area is 158 Å². The molecule has 0 aliphatic carbocycles. The van der Waals surface area contributed by atoms with Crippen molar-refractivity contribution in [1.82, 2.24) is 15.5 Å². The summed E-state index contributed by atoms with van der Waals surface area (Å²) in [5, 5.41) is 5.72. The fraction of sp³-hybridized carbons (Fsp3) is 0.556. The van der Waals surface area contributed by atoms with Gasteiger partial charge < -0.3 is 15.5 Å². The standard InChI is InChI=1S/C18H25F2N3O2.ClH/c1-12(24)22-17(15-6-5-14(19)8-16(15)20)9-18(25)23-7-3-4-13(11-23)10-21-2;/h5-6,8,13,17,21H,3-4,7,9-11H2,1-2H3,(H,22,24);1H. The van der Waals surface area contributed by atoms with Crippen molar-refractivity contribution >= 4 is 24.2 Å². The van der Waals surface area contributed by atoms with E-state index < -0.39 is 17.7 Å². The Morgan fingerprint density at radius 3 is 2.69 bits per heavy atom. The Kier molecular flexibility index (Phi) is 8.95. The number of hydrogen-bond donors (Lipinski definition) is 2. The van der Waals surface area contributed by atoms with Crippen LogP contribution in [-0.2, 0) is 9.59 Å². The molecule has 2 unspecified atom stereocenters. The molecule has 0 radical (unpaired) electrons. The first-order chi connectivity index (χ1) is 11.9. The van der Waals surface area contributed by atoms with E-state index in [0.717, 1.165) is 31.5 Å². The lowest BCUT2D eigenvalue weighted by molar-refractivity contribution is -0.133. The first kappa shape index (κ1) is 22.3. The van der Waals surface area contributed by atoms with Gasteiger partial charge in [-0.25, -0.2) is 8.78 Å². The van der Waals surface area contributed by atoms with Crippen molar-refractivity contribution in [3.8, 4) is 0 Å². The Bertz CT molecular complexity index is 628. The minimum atomic E-state index is -0.810. The molecule has 1 heterocycles. The highest BCUT2D eigenvalue weighted by Crippen LogP contribution is 2.24. The van der Waals surface area contributed by atoms with Crippen LogP contribution in [-0.4, -0.2) is 43.4 Å². The van der Waals surface area contributed by atoms with Crippen LogP contribution in [0.4, 0.5) is 8.78 Å². The van der Waals surface area contributed by atoms with Gasteiger partial charge in [0.05, 0.1) is 12.5 Å². The third-order valence-electron chi connectivity index (χ3n) is 4.46. The molecule has 0 aromatic heterocycles. The summed E-state index contributed by atoms with van der Waals surface area (Å²) in [7, 11) is 1.88. The van der Waals surface area contributed by atoms with Gasteiger partial charge in [0.25, 0.3) is 0 Å². The molecule has 26 heavy (non-hydrogen) atoms. The third kappa shape index (κ3) is 6.21. The summed E-state index contributed by atoms with van der Waals surface area (Å²) in [6, 6.07) is 2.36. The summed E-state index contributed by atoms with van der Waals surface area (Å²) in [5.41, 5.74) is 0.119. The average molecular weight is 390 g/mol. The zero-order valence-electron chi connectivity index (χ0n) is 15.1. The number of piperidine rings is 1. The predicted molar refractivity (Wildman–Crippen MR) is 98.0 cm³/mol. The van der Waals surface area contributed by atoms with Crippen LogP contribution < -0.4 is 10.6 Å². The number of hydrogen-bond acceptors (Lipinski definition) is 3. The van der Waals surface area contributed by atoms with Gasteiger partial charge in [-0.05, 0) is 38.4 Å². The number of carbonyl (C=O) groups is 2. The summed E-state index contributed by atoms with van der Waals surface area (Å²) >= 11 is 0. The molecule has 1 saturated heterocycles. The molecule has 2 amide bonds. The maximum Gasteiger partial charge on any atom is 0.224 e. The molecular formula is C18H26ClF2N3O2. The number of likely N-dealkylation sites (tertiary alicyclic amines) is 1. The van der Waals surface area contributed by atoms with Gasteiger partial charge in [0.15, 0.2) is 0 Å². The van der Waals surface area contributed by atoms with Crippen molar-refractivity contribution in [3.63, 3.8) is 0 Å². The second-order valence-electron chi connectivity index (χ2n) is 6.53. The maximum absolute atomic E-state index is 14.1. The normalized spacial score (nSPS) is 18.0. The van der Waals surface area contributed by atoms with Crippen molar-refractivity contribution in [2.45, 2.75) is 32.2 Å². The van der Waals surface area contributed by atoms with Gasteiger partial charge in [0, 0.05) is 31.6 Å². The van der Waals surface area contributed by atoms with Gasteiger partial charge in [-0.3, -0.25) is 9.59 Å². The number of benzene rings is 1. The van der Waals surface area contributed by atoms with Gasteiger partial charge in [-0.15, -0.1) is 12.4 Å². The molecule has 0 bridgehead atoms. The van der Waals surface area contributed by atoms with Crippen LogP contribution >= 0.6 is 12.4 Å². The zero-order valence-corrected chi connectivity index (χ0v) is 15.9. The molecule has 1 aromatic rings. The molecule has 1 fully saturated rings. The van der Waals surface area contributed by atoms with Crippen LogP contribution in [0.3, 0.4) is 0 Å². The molecule has 1 aromatic carbocycles. The molecule has 0 spiro atoms. The maximum atomic E-state index is 14.1. The van der Waals surface area contributed by atoms with Crippen LogP contribution in [0.25, 0.3) is 0 Å². The van der Waals surface area contributed by atoms with E-state index in [1.807, 2.05) is 7.05 Å². The quantitative estimate of drug-likeness (QED) is 0.785. The second-order valence-corrected chi connectivity index (χ2v) is 6.53. The Balaban J connectivity index is 0.00000338. The Hall–Kier alpha value is -1.73. The van der Waals surface area contributed by atoms with E-state index in [4.69, 9.17) is 0 Å². The SMILES string of the molecule is CNCC1CCCN(C(=O)CC(NC(C)=O)c2ccc(F)cc2F)C1.Cl. The topological polar surface area (TPSA) is 61.4 Å². The van der Waals surface area contributed by atoms with Crippen molar-refractivity contribution in [1.29, 1.82) is 0 Å². The molecule has 1 aliphatic heterocycles. The fourth-order valence-corrected chi connectivity index (χ4v) is 3.32. The number of nitrogens with one attached hydrogen (secondary N) is 2. The number of rotatable bonds is 6. The van der Waals surface area contributed by atoms with Crippen molar-refractivity contribution < 1.29 is 18.4 Å². The summed E-state index contributed by atoms with van der Waals surface area (Å²) in [6.07, 6.45) is 1.94. The van der Waals surface area contributed by atoms with E-state index in [1.54, 1.807) is 4.90 Å². The van der Waals surface area contributed by atoms with Gasteiger partial charge in [0.2, 0.25) is 11.8 Å². The molecular weight excluding hydrogens is 364 g/mol. The van der Waals surface area contributed by atoms with Crippen LogP contribution in [0.1, 0.15) is 37.8 Å². The molecule has 5 nitrogen and oxygen atoms in total. The predicted octanol–water partition coefficient (Wildman–Crippen LogP) is 2.41. The molecule has 146 valence electrons. The van der Waals surface area contributed by atoms with Crippen LogP contribution in [0.5, 0.6) is 0 Å². The summed E-state index contributed by atoms with van der Waals surface area (Å²) in [4.78, 5) is 25.9. The van der Waals surface area contributed by atoms with E-state index in [1.165, 1.54) is 13.0 Å². The monoisotopic (exact) mass is 389 g/mol. The first-order valence-electron chi connectivity index (χ1n) is 8.55. The lowest BCUT2D eigenvalue weighted by Crippen LogP contribution is -2.44. The zero-order chi connectivity index (χ0) is 18.4. The number of amides is 2. The van der Waals surface area contributed by atoms with Gasteiger partial charge in [-0.2, -0.15) is 0 Å². The van der Waals surface area contributed by atoms with E-state index in [0.29, 0.717) is 19.0 Å². The highest BCUT2D eigenvalue weighted by Gasteiger charge is 2.27. The van der Waals surface area contributed by atoms with Gasteiger partial charge in [0.1, 0.15) is 11.6 Å². The lowest BCUT2D eigenvalue weighted by atomic mass is 9.96. The largest absolute Gasteiger partial charge is 0.349 e. The fourth-order valence-electron chi connectivity index (χ4n) is 3.32. The molecule has 2 N–H and O–H groups in total. The van der Waals surface area contributed by atoms with Gasteiger partial charge in [-0.1, -0.05) is 6.07 Å². The minimum absolute atomic E-state index is 0. The summed E-state index contributed by atoms with van der Waals surface area (Å²) in [6.45, 7) is 3.46. The van der Waals surface area contributed by atoms with E-state index in [-0.39, 0.29) is 36.2 Å². The van der Waals surface area contributed by atoms with Crippen LogP contribution in [0, 0.1) is 17.6 Å². The van der Waals surface area contributed by atoms with Gasteiger partial charge >= 0.3 is 0 Å². The van der Waals surface area contributed by atoms with Crippen molar-refractivity contribution in [2.75, 3.05) is 26.7 Å². The summed E-state index contributed by atoms with van der Waals surface area (Å²) < 4.78 is 27.2. The van der Waals surface area contributed by atoms with E-state index >= 15 is 0 Å². The lowest BCUT2D eigenvalue weighted by Gasteiger charge is -2.33. The van der Waals surface area contributed by atoms with Crippen molar-refractivity contribution in [3.05, 3.63) is 35.4 Å². The molecule has 2 rings (SSSR count). The Morgan fingerprint density at radius 1 is 1.35 bits per heavy atom. The van der Waals surface area contributed by atoms with Crippen LogP contribution in [0.15, 0.2) is 18.2 Å². The smallest absolute Gasteiger partial charge is 0.224 e. The molecule has 8 heteroatoms.